The highest BCUT2D eigenvalue weighted by Gasteiger charge is 2.30. The van der Waals surface area contributed by atoms with E-state index in [4.69, 9.17) is 11.2 Å². The van der Waals surface area contributed by atoms with Gasteiger partial charge in [-0.1, -0.05) is 36.5 Å². The minimum atomic E-state index is -3.52. The average Bonchev–Trinajstić information content (AvgIpc) is 2.46. The zero-order chi connectivity index (χ0) is 15.3. The lowest BCUT2D eigenvalue weighted by Crippen LogP contribution is -2.46. The van der Waals surface area contributed by atoms with E-state index in [1.807, 2.05) is 6.92 Å². The van der Waals surface area contributed by atoms with Crippen molar-refractivity contribution >= 4 is 10.0 Å². The first-order chi connectivity index (χ1) is 10.0. The minimum Gasteiger partial charge on any atom is -0.364 e. The minimum absolute atomic E-state index is 0.143. The summed E-state index contributed by atoms with van der Waals surface area (Å²) in [6, 6.07) is 6.62. The van der Waals surface area contributed by atoms with Crippen LogP contribution in [0.15, 0.2) is 29.2 Å². The molecule has 2 unspecified atom stereocenters. The van der Waals surface area contributed by atoms with Crippen molar-refractivity contribution in [1.82, 2.24) is 4.72 Å². The van der Waals surface area contributed by atoms with Crippen molar-refractivity contribution in [1.29, 1.82) is 0 Å². The number of nitrogens with one attached hydrogen (secondary N) is 1. The molecule has 0 radical (unpaired) electrons. The first-order valence-electron chi connectivity index (χ1n) is 7.17. The molecule has 5 heteroatoms. The van der Waals surface area contributed by atoms with Crippen LogP contribution in [0, 0.1) is 19.3 Å². The van der Waals surface area contributed by atoms with E-state index in [0.29, 0.717) is 0 Å². The molecule has 1 fully saturated rings. The van der Waals surface area contributed by atoms with Gasteiger partial charge in [0.25, 0.3) is 0 Å². The van der Waals surface area contributed by atoms with Gasteiger partial charge in [-0.25, -0.2) is 13.1 Å². The molecule has 0 spiro atoms. The van der Waals surface area contributed by atoms with E-state index in [9.17, 15) is 8.42 Å². The van der Waals surface area contributed by atoms with Crippen molar-refractivity contribution in [2.45, 2.75) is 49.6 Å². The SMILES string of the molecule is C#CCOC1CCCCC1NS(=O)(=O)c1ccc(C)cc1. The second-order valence-electron chi connectivity index (χ2n) is 5.38. The van der Waals surface area contributed by atoms with Crippen molar-refractivity contribution in [3.63, 3.8) is 0 Å². The van der Waals surface area contributed by atoms with E-state index in [1.165, 1.54) is 0 Å². The summed E-state index contributed by atoms with van der Waals surface area (Å²) in [7, 11) is -3.52. The summed E-state index contributed by atoms with van der Waals surface area (Å²) < 4.78 is 33.2. The molecule has 114 valence electrons. The maximum absolute atomic E-state index is 12.4. The van der Waals surface area contributed by atoms with E-state index in [-0.39, 0.29) is 23.6 Å². The summed E-state index contributed by atoms with van der Waals surface area (Å²) in [5, 5.41) is 0. The smallest absolute Gasteiger partial charge is 0.240 e. The number of aryl methyl sites for hydroxylation is 1. The molecule has 1 aromatic rings. The van der Waals surface area contributed by atoms with Crippen LogP contribution in [0.25, 0.3) is 0 Å². The van der Waals surface area contributed by atoms with Gasteiger partial charge in [0, 0.05) is 6.04 Å². The lowest BCUT2D eigenvalue weighted by Gasteiger charge is -2.31. The summed E-state index contributed by atoms with van der Waals surface area (Å²) >= 11 is 0. The van der Waals surface area contributed by atoms with Gasteiger partial charge in [0.1, 0.15) is 6.61 Å². The molecule has 1 aliphatic rings. The van der Waals surface area contributed by atoms with Crippen molar-refractivity contribution in [3.8, 4) is 12.3 Å². The Kier molecular flexibility index (Phi) is 5.40. The fraction of sp³-hybridized carbons (Fsp3) is 0.500. The summed E-state index contributed by atoms with van der Waals surface area (Å²) in [5.74, 6) is 2.44. The second kappa shape index (κ2) is 7.08. The quantitative estimate of drug-likeness (QED) is 0.849. The third kappa shape index (κ3) is 4.31. The van der Waals surface area contributed by atoms with E-state index < -0.39 is 10.0 Å². The lowest BCUT2D eigenvalue weighted by atomic mass is 9.93. The Bertz CT molecular complexity index is 601. The van der Waals surface area contributed by atoms with Crippen LogP contribution in [-0.2, 0) is 14.8 Å². The van der Waals surface area contributed by atoms with E-state index in [0.717, 1.165) is 31.2 Å². The molecule has 0 aliphatic heterocycles. The normalized spacial score (nSPS) is 22.7. The molecule has 21 heavy (non-hydrogen) atoms. The third-order valence-corrected chi connectivity index (χ3v) is 5.23. The lowest BCUT2D eigenvalue weighted by molar-refractivity contribution is 0.0301. The Labute approximate surface area is 126 Å². The molecular weight excluding hydrogens is 286 g/mol. The topological polar surface area (TPSA) is 55.4 Å². The molecule has 0 bridgehead atoms. The van der Waals surface area contributed by atoms with E-state index in [2.05, 4.69) is 10.6 Å². The van der Waals surface area contributed by atoms with Crippen LogP contribution >= 0.6 is 0 Å². The number of ether oxygens (including phenoxy) is 1. The van der Waals surface area contributed by atoms with Gasteiger partial charge in [-0.05, 0) is 31.9 Å². The first-order valence-corrected chi connectivity index (χ1v) is 8.65. The number of hydrogen-bond donors (Lipinski definition) is 1. The first kappa shape index (κ1) is 16.0. The van der Waals surface area contributed by atoms with Gasteiger partial charge in [-0.2, -0.15) is 0 Å². The van der Waals surface area contributed by atoms with Gasteiger partial charge in [0.05, 0.1) is 11.0 Å². The fourth-order valence-electron chi connectivity index (χ4n) is 2.57. The van der Waals surface area contributed by atoms with Gasteiger partial charge < -0.3 is 4.74 Å². The average molecular weight is 307 g/mol. The summed E-state index contributed by atoms with van der Waals surface area (Å²) in [5.41, 5.74) is 1.03. The standard InChI is InChI=1S/C16H21NO3S/c1-3-12-20-16-7-5-4-6-15(16)17-21(18,19)14-10-8-13(2)9-11-14/h1,8-11,15-17H,4-7,12H2,2H3. The summed E-state index contributed by atoms with van der Waals surface area (Å²) in [6.07, 6.45) is 8.72. The third-order valence-electron chi connectivity index (χ3n) is 3.72. The zero-order valence-corrected chi connectivity index (χ0v) is 13.0. The number of terminal acetylenes is 1. The van der Waals surface area contributed by atoms with Crippen LogP contribution in [-0.4, -0.2) is 27.2 Å². The van der Waals surface area contributed by atoms with Crippen LogP contribution in [0.5, 0.6) is 0 Å². The molecule has 0 saturated heterocycles. The molecule has 2 atom stereocenters. The highest BCUT2D eigenvalue weighted by molar-refractivity contribution is 7.89. The zero-order valence-electron chi connectivity index (χ0n) is 12.2. The summed E-state index contributed by atoms with van der Waals surface area (Å²) in [6.45, 7) is 2.14. The van der Waals surface area contributed by atoms with Crippen molar-refractivity contribution < 1.29 is 13.2 Å². The Morgan fingerprint density at radius 1 is 1.29 bits per heavy atom. The van der Waals surface area contributed by atoms with Crippen LogP contribution in [0.1, 0.15) is 31.2 Å². The maximum atomic E-state index is 12.4. The highest BCUT2D eigenvalue weighted by atomic mass is 32.2. The van der Waals surface area contributed by atoms with Crippen LogP contribution < -0.4 is 4.72 Å². The summed E-state index contributed by atoms with van der Waals surface area (Å²) in [4.78, 5) is 0.286. The largest absolute Gasteiger partial charge is 0.364 e. The maximum Gasteiger partial charge on any atom is 0.240 e. The van der Waals surface area contributed by atoms with E-state index >= 15 is 0 Å². The monoisotopic (exact) mass is 307 g/mol. The second-order valence-corrected chi connectivity index (χ2v) is 7.09. The Morgan fingerprint density at radius 2 is 1.95 bits per heavy atom. The van der Waals surface area contributed by atoms with E-state index in [1.54, 1.807) is 24.3 Å². The number of rotatable bonds is 5. The Hall–Kier alpha value is -1.35. The van der Waals surface area contributed by atoms with Gasteiger partial charge in [0.15, 0.2) is 0 Å². The highest BCUT2D eigenvalue weighted by Crippen LogP contribution is 2.23. The van der Waals surface area contributed by atoms with Gasteiger partial charge in [-0.3, -0.25) is 0 Å². The predicted molar refractivity (Wildman–Crippen MR) is 82.3 cm³/mol. The molecule has 1 aromatic carbocycles. The molecular formula is C16H21NO3S. The molecule has 0 aromatic heterocycles. The molecule has 0 amide bonds. The molecule has 1 aliphatic carbocycles. The molecule has 1 saturated carbocycles. The van der Waals surface area contributed by atoms with Gasteiger partial charge in [0.2, 0.25) is 10.0 Å². The predicted octanol–water partition coefficient (Wildman–Crippen LogP) is 2.23. The molecule has 0 heterocycles. The van der Waals surface area contributed by atoms with Gasteiger partial charge in [-0.15, -0.1) is 6.42 Å². The molecule has 1 N–H and O–H groups in total. The Balaban J connectivity index is 2.10. The van der Waals surface area contributed by atoms with Gasteiger partial charge >= 0.3 is 0 Å². The van der Waals surface area contributed by atoms with Crippen molar-refractivity contribution in [2.24, 2.45) is 0 Å². The van der Waals surface area contributed by atoms with Crippen molar-refractivity contribution in [3.05, 3.63) is 29.8 Å². The van der Waals surface area contributed by atoms with Crippen LogP contribution in [0.4, 0.5) is 0 Å². The number of benzene rings is 1. The van der Waals surface area contributed by atoms with Crippen LogP contribution in [0.3, 0.4) is 0 Å². The number of sulfonamides is 1. The molecule has 2 rings (SSSR count). The van der Waals surface area contributed by atoms with Crippen LogP contribution in [0.2, 0.25) is 0 Å². The molecule has 4 nitrogen and oxygen atoms in total. The number of hydrogen-bond acceptors (Lipinski definition) is 3. The van der Waals surface area contributed by atoms with Crippen molar-refractivity contribution in [2.75, 3.05) is 6.61 Å². The Morgan fingerprint density at radius 3 is 2.62 bits per heavy atom. The fourth-order valence-corrected chi connectivity index (χ4v) is 3.87.